The van der Waals surface area contributed by atoms with Gasteiger partial charge >= 0.3 is 0 Å². The standard InChI is InChI=1S/C16H22N4O5S/c1-10(17-3)15(22)18-12-9-19(11(2)21)13-7-5-6-8-14(13)20(16(12)23)26(4,24)25/h5-8,10,12,17H,9H2,1-4H3,(H,18,22). The summed E-state index contributed by atoms with van der Waals surface area (Å²) in [6.45, 7) is 2.74. The van der Waals surface area contributed by atoms with Crippen LogP contribution in [0.3, 0.4) is 0 Å². The molecule has 3 amide bonds. The van der Waals surface area contributed by atoms with Crippen LogP contribution in [-0.4, -0.2) is 58.1 Å². The van der Waals surface area contributed by atoms with Gasteiger partial charge in [0.15, 0.2) is 0 Å². The number of carbonyl (C=O) groups is 3. The number of anilines is 2. The summed E-state index contributed by atoms with van der Waals surface area (Å²) in [5, 5.41) is 5.27. The molecule has 0 aliphatic carbocycles. The Morgan fingerprint density at radius 3 is 2.31 bits per heavy atom. The third-order valence-electron chi connectivity index (χ3n) is 4.11. The smallest absolute Gasteiger partial charge is 0.265 e. The molecule has 0 bridgehead atoms. The fourth-order valence-electron chi connectivity index (χ4n) is 2.66. The number of nitrogens with one attached hydrogen (secondary N) is 2. The molecule has 0 radical (unpaired) electrons. The van der Waals surface area contributed by atoms with E-state index in [1.54, 1.807) is 32.2 Å². The number of rotatable bonds is 4. The molecule has 1 aromatic rings. The van der Waals surface area contributed by atoms with E-state index >= 15 is 0 Å². The maximum Gasteiger partial charge on any atom is 0.265 e. The lowest BCUT2D eigenvalue weighted by molar-refractivity contribution is -0.128. The third kappa shape index (κ3) is 3.86. The van der Waals surface area contributed by atoms with Crippen molar-refractivity contribution in [2.45, 2.75) is 25.9 Å². The summed E-state index contributed by atoms with van der Waals surface area (Å²) >= 11 is 0. The molecule has 10 heteroatoms. The number of benzene rings is 1. The highest BCUT2D eigenvalue weighted by molar-refractivity contribution is 7.92. The Labute approximate surface area is 152 Å². The molecule has 2 atom stereocenters. The van der Waals surface area contributed by atoms with Crippen LogP contribution in [0.4, 0.5) is 11.4 Å². The molecule has 2 N–H and O–H groups in total. The van der Waals surface area contributed by atoms with Crippen molar-refractivity contribution in [1.82, 2.24) is 10.6 Å². The minimum absolute atomic E-state index is 0.0774. The number of fused-ring (bicyclic) bond motifs is 1. The molecule has 1 aromatic carbocycles. The van der Waals surface area contributed by atoms with Gasteiger partial charge in [0.1, 0.15) is 6.04 Å². The highest BCUT2D eigenvalue weighted by Crippen LogP contribution is 2.34. The van der Waals surface area contributed by atoms with Gasteiger partial charge < -0.3 is 15.5 Å². The second kappa shape index (κ2) is 7.42. The molecule has 0 aromatic heterocycles. The Morgan fingerprint density at radius 1 is 1.23 bits per heavy atom. The topological polar surface area (TPSA) is 116 Å². The van der Waals surface area contributed by atoms with Gasteiger partial charge in [0.2, 0.25) is 21.8 Å². The van der Waals surface area contributed by atoms with Crippen molar-refractivity contribution < 1.29 is 22.8 Å². The molecule has 0 saturated heterocycles. The predicted molar refractivity (Wildman–Crippen MR) is 97.3 cm³/mol. The Bertz CT molecular complexity index is 839. The van der Waals surface area contributed by atoms with Gasteiger partial charge in [-0.1, -0.05) is 12.1 Å². The first kappa shape index (κ1) is 19.9. The quantitative estimate of drug-likeness (QED) is 0.721. The summed E-state index contributed by atoms with van der Waals surface area (Å²) in [5.41, 5.74) is 0.366. The van der Waals surface area contributed by atoms with Gasteiger partial charge in [0, 0.05) is 6.92 Å². The molecule has 2 rings (SSSR count). The van der Waals surface area contributed by atoms with Gasteiger partial charge in [-0.05, 0) is 26.1 Å². The second-order valence-corrected chi connectivity index (χ2v) is 7.89. The SMILES string of the molecule is CNC(C)C(=O)NC1CN(C(C)=O)c2ccccc2N(S(C)(=O)=O)C1=O. The number of amides is 3. The summed E-state index contributed by atoms with van der Waals surface area (Å²) < 4.78 is 25.2. The van der Waals surface area contributed by atoms with Crippen LogP contribution < -0.4 is 19.8 Å². The number of hydrogen-bond acceptors (Lipinski definition) is 6. The first-order valence-electron chi connectivity index (χ1n) is 7.96. The first-order chi connectivity index (χ1) is 12.1. The fourth-order valence-corrected chi connectivity index (χ4v) is 3.62. The Balaban J connectivity index is 2.57. The lowest BCUT2D eigenvalue weighted by Crippen LogP contribution is -2.56. The van der Waals surface area contributed by atoms with Gasteiger partial charge in [-0.3, -0.25) is 14.4 Å². The van der Waals surface area contributed by atoms with Crippen molar-refractivity contribution in [3.8, 4) is 0 Å². The zero-order valence-electron chi connectivity index (χ0n) is 15.0. The zero-order chi connectivity index (χ0) is 19.6. The van der Waals surface area contributed by atoms with Gasteiger partial charge in [0.05, 0.1) is 30.2 Å². The molecule has 142 valence electrons. The van der Waals surface area contributed by atoms with Crippen molar-refractivity contribution in [3.63, 3.8) is 0 Å². The number of nitrogens with zero attached hydrogens (tertiary/aromatic N) is 2. The maximum atomic E-state index is 12.9. The third-order valence-corrected chi connectivity index (χ3v) is 5.15. The maximum absolute atomic E-state index is 12.9. The number of carbonyl (C=O) groups excluding carboxylic acids is 3. The van der Waals surface area contributed by atoms with E-state index in [1.807, 2.05) is 0 Å². The highest BCUT2D eigenvalue weighted by atomic mass is 32.2. The van der Waals surface area contributed by atoms with E-state index in [9.17, 15) is 22.8 Å². The van der Waals surface area contributed by atoms with Crippen molar-refractivity contribution in [2.75, 3.05) is 29.1 Å². The zero-order valence-corrected chi connectivity index (χ0v) is 15.8. The number of likely N-dealkylation sites (N-methyl/N-ethyl adjacent to an activating group) is 1. The minimum Gasteiger partial charge on any atom is -0.341 e. The van der Waals surface area contributed by atoms with Gasteiger partial charge in [-0.2, -0.15) is 0 Å². The lowest BCUT2D eigenvalue weighted by atomic mass is 10.2. The first-order valence-corrected chi connectivity index (χ1v) is 9.81. The summed E-state index contributed by atoms with van der Waals surface area (Å²) in [5.74, 6) is -1.67. The Hall–Kier alpha value is -2.46. The van der Waals surface area contributed by atoms with Crippen LogP contribution in [0.2, 0.25) is 0 Å². The van der Waals surface area contributed by atoms with Crippen LogP contribution in [0.1, 0.15) is 13.8 Å². The fraction of sp³-hybridized carbons (Fsp3) is 0.438. The van der Waals surface area contributed by atoms with Crippen LogP contribution in [0, 0.1) is 0 Å². The number of sulfonamides is 1. The van der Waals surface area contributed by atoms with Crippen LogP contribution in [-0.2, 0) is 24.4 Å². The lowest BCUT2D eigenvalue weighted by Gasteiger charge is -2.24. The average molecular weight is 382 g/mol. The largest absolute Gasteiger partial charge is 0.341 e. The van der Waals surface area contributed by atoms with Crippen LogP contribution in [0.25, 0.3) is 0 Å². The molecule has 0 fully saturated rings. The molecule has 26 heavy (non-hydrogen) atoms. The minimum atomic E-state index is -3.98. The molecule has 0 saturated carbocycles. The number of para-hydroxylation sites is 2. The van der Waals surface area contributed by atoms with Crippen molar-refractivity contribution >= 4 is 39.1 Å². The van der Waals surface area contributed by atoms with E-state index in [1.165, 1.54) is 17.9 Å². The molecule has 1 aliphatic rings. The van der Waals surface area contributed by atoms with Crippen molar-refractivity contribution in [3.05, 3.63) is 24.3 Å². The molecule has 2 unspecified atom stereocenters. The highest BCUT2D eigenvalue weighted by Gasteiger charge is 2.40. The van der Waals surface area contributed by atoms with Crippen LogP contribution >= 0.6 is 0 Å². The normalized spacial score (nSPS) is 18.8. The molecule has 9 nitrogen and oxygen atoms in total. The van der Waals surface area contributed by atoms with E-state index < -0.39 is 33.9 Å². The van der Waals surface area contributed by atoms with E-state index in [-0.39, 0.29) is 23.8 Å². The Morgan fingerprint density at radius 2 is 1.81 bits per heavy atom. The van der Waals surface area contributed by atoms with Crippen LogP contribution in [0.15, 0.2) is 24.3 Å². The average Bonchev–Trinajstić information content (AvgIpc) is 2.68. The van der Waals surface area contributed by atoms with Crippen molar-refractivity contribution in [1.29, 1.82) is 0 Å². The van der Waals surface area contributed by atoms with E-state index in [0.29, 0.717) is 4.31 Å². The van der Waals surface area contributed by atoms with Gasteiger partial charge in [-0.15, -0.1) is 0 Å². The van der Waals surface area contributed by atoms with E-state index in [0.717, 1.165) is 6.26 Å². The summed E-state index contributed by atoms with van der Waals surface area (Å²) in [6.07, 6.45) is 0.903. The summed E-state index contributed by atoms with van der Waals surface area (Å²) in [4.78, 5) is 38.6. The van der Waals surface area contributed by atoms with Gasteiger partial charge in [0.25, 0.3) is 5.91 Å². The van der Waals surface area contributed by atoms with E-state index in [4.69, 9.17) is 0 Å². The van der Waals surface area contributed by atoms with Gasteiger partial charge in [-0.25, -0.2) is 12.7 Å². The second-order valence-electron chi connectivity index (χ2n) is 6.06. The monoisotopic (exact) mass is 382 g/mol. The predicted octanol–water partition coefficient (Wildman–Crippen LogP) is -0.562. The molecule has 0 spiro atoms. The molecular weight excluding hydrogens is 360 g/mol. The molecule has 1 heterocycles. The number of hydrogen-bond donors (Lipinski definition) is 2. The summed E-state index contributed by atoms with van der Waals surface area (Å²) in [7, 11) is -2.39. The van der Waals surface area contributed by atoms with Crippen molar-refractivity contribution in [2.24, 2.45) is 0 Å². The molecule has 1 aliphatic heterocycles. The van der Waals surface area contributed by atoms with E-state index in [2.05, 4.69) is 10.6 Å². The van der Waals surface area contributed by atoms with Crippen LogP contribution in [0.5, 0.6) is 0 Å². The Kier molecular flexibility index (Phi) is 5.67. The summed E-state index contributed by atoms with van der Waals surface area (Å²) in [6, 6.07) is 4.43. The molecular formula is C16H22N4O5S.